The summed E-state index contributed by atoms with van der Waals surface area (Å²) in [5, 5.41) is 5.97. The lowest BCUT2D eigenvalue weighted by molar-refractivity contribution is -0.117. The van der Waals surface area contributed by atoms with Crippen molar-refractivity contribution in [1.82, 2.24) is 5.32 Å². The number of hydrogen-bond acceptors (Lipinski definition) is 4. The first kappa shape index (κ1) is 24.0. The van der Waals surface area contributed by atoms with Gasteiger partial charge in [0.05, 0.1) is 13.2 Å². The highest BCUT2D eigenvalue weighted by molar-refractivity contribution is 5.97. The summed E-state index contributed by atoms with van der Waals surface area (Å²) >= 11 is 0. The van der Waals surface area contributed by atoms with E-state index in [1.807, 2.05) is 49.4 Å². The summed E-state index contributed by atoms with van der Waals surface area (Å²) in [6.07, 6.45) is 0.587. The fourth-order valence-electron chi connectivity index (χ4n) is 4.62. The molecule has 0 aliphatic carbocycles. The van der Waals surface area contributed by atoms with Crippen LogP contribution in [0, 0.1) is 0 Å². The summed E-state index contributed by atoms with van der Waals surface area (Å²) < 4.78 is 5.19. The van der Waals surface area contributed by atoms with E-state index < -0.39 is 0 Å². The molecule has 0 spiro atoms. The molecular formula is C28H29N3O4. The van der Waals surface area contributed by atoms with Gasteiger partial charge < -0.3 is 20.3 Å². The molecule has 0 bridgehead atoms. The van der Waals surface area contributed by atoms with Gasteiger partial charge in [-0.05, 0) is 78.6 Å². The van der Waals surface area contributed by atoms with Gasteiger partial charge in [-0.3, -0.25) is 14.4 Å². The predicted octanol–water partition coefficient (Wildman–Crippen LogP) is 4.94. The molecule has 0 radical (unpaired) electrons. The smallest absolute Gasteiger partial charge is 0.251 e. The second-order valence-electron chi connectivity index (χ2n) is 8.76. The minimum Gasteiger partial charge on any atom is -0.497 e. The first-order valence-electron chi connectivity index (χ1n) is 11.5. The summed E-state index contributed by atoms with van der Waals surface area (Å²) in [4.78, 5) is 38.8. The number of amides is 3. The second-order valence-corrected chi connectivity index (χ2v) is 8.76. The molecule has 0 saturated heterocycles. The van der Waals surface area contributed by atoms with Gasteiger partial charge >= 0.3 is 0 Å². The average molecular weight is 472 g/mol. The fourth-order valence-corrected chi connectivity index (χ4v) is 4.62. The van der Waals surface area contributed by atoms with Crippen molar-refractivity contribution < 1.29 is 19.1 Å². The summed E-state index contributed by atoms with van der Waals surface area (Å²) in [5.74, 6) is 0.311. The van der Waals surface area contributed by atoms with Crippen molar-refractivity contribution >= 4 is 29.1 Å². The fraction of sp³-hybridized carbons (Fsp3) is 0.250. The maximum atomic E-state index is 13.1. The van der Waals surface area contributed by atoms with Gasteiger partial charge in [0.2, 0.25) is 11.8 Å². The van der Waals surface area contributed by atoms with Gasteiger partial charge in [-0.2, -0.15) is 0 Å². The Morgan fingerprint density at radius 3 is 2.31 bits per heavy atom. The molecule has 2 atom stereocenters. The van der Waals surface area contributed by atoms with Crippen molar-refractivity contribution in [3.05, 3.63) is 77.9 Å². The third kappa shape index (κ3) is 5.19. The Morgan fingerprint density at radius 2 is 1.66 bits per heavy atom. The zero-order chi connectivity index (χ0) is 25.1. The highest BCUT2D eigenvalue weighted by Gasteiger charge is 2.33. The first-order valence-corrected chi connectivity index (χ1v) is 11.5. The summed E-state index contributed by atoms with van der Waals surface area (Å²) in [5.41, 5.74) is 4.76. The van der Waals surface area contributed by atoms with Crippen LogP contribution in [0.2, 0.25) is 0 Å². The molecule has 35 heavy (non-hydrogen) atoms. The van der Waals surface area contributed by atoms with Crippen LogP contribution in [-0.2, 0) is 9.59 Å². The Balaban J connectivity index is 1.71. The molecule has 3 aromatic rings. The van der Waals surface area contributed by atoms with Crippen molar-refractivity contribution in [1.29, 1.82) is 0 Å². The highest BCUT2D eigenvalue weighted by atomic mass is 16.5. The minimum atomic E-state index is -0.274. The summed E-state index contributed by atoms with van der Waals surface area (Å²) in [6.45, 7) is 5.02. The van der Waals surface area contributed by atoms with Crippen LogP contribution in [0.15, 0.2) is 66.7 Å². The van der Waals surface area contributed by atoms with Gasteiger partial charge in [0.15, 0.2) is 0 Å². The molecule has 0 saturated carbocycles. The molecule has 3 aromatic carbocycles. The molecule has 180 valence electrons. The third-order valence-electron chi connectivity index (χ3n) is 6.19. The van der Waals surface area contributed by atoms with Crippen molar-refractivity contribution in [3.63, 3.8) is 0 Å². The Morgan fingerprint density at radius 1 is 0.943 bits per heavy atom. The lowest BCUT2D eigenvalue weighted by Gasteiger charge is -2.39. The molecule has 0 aromatic heterocycles. The highest BCUT2D eigenvalue weighted by Crippen LogP contribution is 2.40. The van der Waals surface area contributed by atoms with Crippen LogP contribution >= 0.6 is 0 Å². The Kier molecular flexibility index (Phi) is 6.87. The number of carbonyl (C=O) groups excluding carboxylic acids is 3. The molecule has 3 amide bonds. The number of nitrogens with one attached hydrogen (secondary N) is 2. The minimum absolute atomic E-state index is 0.0425. The van der Waals surface area contributed by atoms with Crippen molar-refractivity contribution in [2.24, 2.45) is 0 Å². The van der Waals surface area contributed by atoms with Crippen molar-refractivity contribution in [3.8, 4) is 16.9 Å². The zero-order valence-electron chi connectivity index (χ0n) is 20.3. The Bertz CT molecular complexity index is 1270. The SMILES string of the molecule is COc1ccc(C(=O)N[C@@H]2C[C@H](C)N(C(C)=O)c3ccc(-c4cccc(NC(C)=O)c4)cc32)cc1. The molecule has 1 aliphatic heterocycles. The van der Waals surface area contributed by atoms with Gasteiger partial charge in [-0.15, -0.1) is 0 Å². The van der Waals surface area contributed by atoms with E-state index in [2.05, 4.69) is 10.6 Å². The number of benzene rings is 3. The van der Waals surface area contributed by atoms with Gasteiger partial charge in [0.25, 0.3) is 5.91 Å². The topological polar surface area (TPSA) is 87.7 Å². The standard InChI is InChI=1S/C28H29N3O4/c1-17-14-26(30-28(34)20-8-11-24(35-4)12-9-20)25-16-22(10-13-27(25)31(17)19(3)33)21-6-5-7-23(15-21)29-18(2)32/h5-13,15-17,26H,14H2,1-4H3,(H,29,32)(H,30,34)/t17-,26+/m0/s1. The van der Waals surface area contributed by atoms with Crippen LogP contribution in [0.5, 0.6) is 5.75 Å². The molecule has 4 rings (SSSR count). The Hall–Kier alpha value is -4.13. The summed E-state index contributed by atoms with van der Waals surface area (Å²) in [6, 6.07) is 20.1. The molecule has 0 fully saturated rings. The zero-order valence-corrected chi connectivity index (χ0v) is 20.3. The van der Waals surface area contributed by atoms with E-state index in [-0.39, 0.29) is 29.8 Å². The average Bonchev–Trinajstić information content (AvgIpc) is 2.83. The number of methoxy groups -OCH3 is 1. The largest absolute Gasteiger partial charge is 0.497 e. The van der Waals surface area contributed by atoms with Gasteiger partial charge in [0.1, 0.15) is 5.75 Å². The van der Waals surface area contributed by atoms with Crippen LogP contribution in [0.25, 0.3) is 11.1 Å². The number of carbonyl (C=O) groups is 3. The first-order chi connectivity index (χ1) is 16.8. The molecule has 1 aliphatic rings. The van der Waals surface area contributed by atoms with Crippen molar-refractivity contribution in [2.75, 3.05) is 17.3 Å². The third-order valence-corrected chi connectivity index (χ3v) is 6.19. The van der Waals surface area contributed by atoms with E-state index in [1.54, 1.807) is 43.2 Å². The number of hydrogen-bond donors (Lipinski definition) is 2. The maximum Gasteiger partial charge on any atom is 0.251 e. The Labute approximate surface area is 205 Å². The van der Waals surface area contributed by atoms with E-state index in [0.717, 1.165) is 22.4 Å². The lowest BCUT2D eigenvalue weighted by Crippen LogP contribution is -2.45. The number of nitrogens with zero attached hydrogens (tertiary/aromatic N) is 1. The number of anilines is 2. The van der Waals surface area contributed by atoms with Crippen molar-refractivity contribution in [2.45, 2.75) is 39.3 Å². The van der Waals surface area contributed by atoms with E-state index in [9.17, 15) is 14.4 Å². The van der Waals surface area contributed by atoms with Gasteiger partial charge in [-0.25, -0.2) is 0 Å². The van der Waals surface area contributed by atoms with E-state index in [4.69, 9.17) is 4.74 Å². The number of ether oxygens (including phenoxy) is 1. The maximum absolute atomic E-state index is 13.1. The second kappa shape index (κ2) is 10.0. The van der Waals surface area contributed by atoms with E-state index in [0.29, 0.717) is 23.4 Å². The van der Waals surface area contributed by atoms with Crippen LogP contribution in [-0.4, -0.2) is 30.9 Å². The monoisotopic (exact) mass is 471 g/mol. The normalized spacial score (nSPS) is 16.7. The van der Waals surface area contributed by atoms with Crippen LogP contribution < -0.4 is 20.3 Å². The quantitative estimate of drug-likeness (QED) is 0.552. The molecule has 7 nitrogen and oxygen atoms in total. The summed E-state index contributed by atoms with van der Waals surface area (Å²) in [7, 11) is 1.58. The molecule has 7 heteroatoms. The van der Waals surface area contributed by atoms with Crippen LogP contribution in [0.3, 0.4) is 0 Å². The molecular weight excluding hydrogens is 442 g/mol. The number of fused-ring (bicyclic) bond motifs is 1. The molecule has 0 unspecified atom stereocenters. The number of rotatable bonds is 5. The van der Waals surface area contributed by atoms with E-state index in [1.165, 1.54) is 6.92 Å². The molecule has 2 N–H and O–H groups in total. The predicted molar refractivity (Wildman–Crippen MR) is 137 cm³/mol. The lowest BCUT2D eigenvalue weighted by atomic mass is 9.88. The van der Waals surface area contributed by atoms with Crippen LogP contribution in [0.4, 0.5) is 11.4 Å². The van der Waals surface area contributed by atoms with Crippen LogP contribution in [0.1, 0.15) is 49.2 Å². The van der Waals surface area contributed by atoms with Gasteiger partial charge in [-0.1, -0.05) is 18.2 Å². The van der Waals surface area contributed by atoms with Gasteiger partial charge in [0, 0.05) is 36.8 Å². The molecule has 1 heterocycles. The van der Waals surface area contributed by atoms with E-state index >= 15 is 0 Å².